The van der Waals surface area contributed by atoms with Crippen molar-refractivity contribution in [3.05, 3.63) is 81.8 Å². The maximum atomic E-state index is 13.1. The molecule has 1 fully saturated rings. The second-order valence-corrected chi connectivity index (χ2v) is 8.27. The molecule has 1 saturated heterocycles. The normalized spacial score (nSPS) is 15.0. The first kappa shape index (κ1) is 19.0. The van der Waals surface area contributed by atoms with E-state index in [0.717, 1.165) is 40.1 Å². The van der Waals surface area contributed by atoms with E-state index in [-0.39, 0.29) is 11.7 Å². The van der Waals surface area contributed by atoms with Crippen LogP contribution < -0.4 is 10.2 Å². The van der Waals surface area contributed by atoms with Gasteiger partial charge in [-0.2, -0.15) is 0 Å². The van der Waals surface area contributed by atoms with E-state index >= 15 is 0 Å². The molecule has 5 rings (SSSR count). The quantitative estimate of drug-likeness (QED) is 0.477. The summed E-state index contributed by atoms with van der Waals surface area (Å²) in [6.45, 7) is 2.88. The van der Waals surface area contributed by atoms with Gasteiger partial charge in [-0.05, 0) is 41.5 Å². The Labute approximate surface area is 182 Å². The number of anilines is 2. The van der Waals surface area contributed by atoms with E-state index in [1.165, 1.54) is 0 Å². The number of nitrogens with one attached hydrogen (secondary N) is 1. The van der Waals surface area contributed by atoms with Crippen LogP contribution in [0, 0.1) is 0 Å². The van der Waals surface area contributed by atoms with Crippen LogP contribution in [0.4, 0.5) is 11.4 Å². The number of ether oxygens (including phenoxy) is 1. The monoisotopic (exact) mass is 462 g/mol. The molecule has 1 heterocycles. The summed E-state index contributed by atoms with van der Waals surface area (Å²) < 4.78 is 6.33. The van der Waals surface area contributed by atoms with Crippen molar-refractivity contribution in [3.63, 3.8) is 0 Å². The number of morpholine rings is 1. The zero-order chi connectivity index (χ0) is 20.7. The smallest absolute Gasteiger partial charge is 0.255 e. The summed E-state index contributed by atoms with van der Waals surface area (Å²) in [7, 11) is 0. The van der Waals surface area contributed by atoms with Gasteiger partial charge in [0.1, 0.15) is 0 Å². The summed E-state index contributed by atoms with van der Waals surface area (Å²) in [6, 6.07) is 18.7. The van der Waals surface area contributed by atoms with Gasteiger partial charge in [0, 0.05) is 34.3 Å². The third-order valence-corrected chi connectivity index (χ3v) is 6.04. The van der Waals surface area contributed by atoms with E-state index in [1.54, 1.807) is 12.1 Å². The first-order chi connectivity index (χ1) is 14.6. The number of hydrogen-bond acceptors (Lipinski definition) is 4. The number of nitrogens with zero attached hydrogens (tertiary/aromatic N) is 1. The number of rotatable bonds is 3. The summed E-state index contributed by atoms with van der Waals surface area (Å²) in [5, 5.41) is 3.03. The van der Waals surface area contributed by atoms with E-state index in [1.807, 2.05) is 48.5 Å². The topological polar surface area (TPSA) is 58.6 Å². The van der Waals surface area contributed by atoms with Crippen molar-refractivity contribution in [1.29, 1.82) is 0 Å². The van der Waals surface area contributed by atoms with E-state index in [4.69, 9.17) is 4.74 Å². The van der Waals surface area contributed by atoms with Crippen LogP contribution in [0.1, 0.15) is 26.3 Å². The van der Waals surface area contributed by atoms with Crippen LogP contribution in [0.3, 0.4) is 0 Å². The maximum Gasteiger partial charge on any atom is 0.255 e. The van der Waals surface area contributed by atoms with Crippen LogP contribution in [0.15, 0.2) is 65.1 Å². The standard InChI is InChI=1S/C24H19BrN2O3/c25-16-6-8-22(27-9-11-30-12-10-27)21(14-16)26-24(29)15-5-7-18-17-3-1-2-4-19(17)23(28)20(18)13-15/h1-8,13-14H,9-12H2,(H,26,29). The summed E-state index contributed by atoms with van der Waals surface area (Å²) >= 11 is 3.49. The van der Waals surface area contributed by atoms with Gasteiger partial charge in [-0.3, -0.25) is 9.59 Å². The number of carbonyl (C=O) groups is 2. The van der Waals surface area contributed by atoms with E-state index < -0.39 is 0 Å². The molecule has 1 amide bonds. The molecule has 150 valence electrons. The number of fused-ring (bicyclic) bond motifs is 3. The molecule has 1 N–H and O–H groups in total. The molecule has 0 aromatic heterocycles. The average Bonchev–Trinajstić information content (AvgIpc) is 3.06. The molecule has 1 aliphatic heterocycles. The fourth-order valence-corrected chi connectivity index (χ4v) is 4.41. The van der Waals surface area contributed by atoms with E-state index in [2.05, 4.69) is 26.1 Å². The molecular formula is C24H19BrN2O3. The van der Waals surface area contributed by atoms with Crippen molar-refractivity contribution in [2.75, 3.05) is 36.5 Å². The SMILES string of the molecule is O=C(Nc1cc(Br)ccc1N1CCOCC1)c1ccc2c(c1)C(=O)c1ccccc1-2. The third-order valence-electron chi connectivity index (χ3n) is 5.55. The highest BCUT2D eigenvalue weighted by molar-refractivity contribution is 9.10. The first-order valence-electron chi connectivity index (χ1n) is 9.83. The van der Waals surface area contributed by atoms with Crippen LogP contribution in [0.25, 0.3) is 11.1 Å². The van der Waals surface area contributed by atoms with Gasteiger partial charge in [-0.25, -0.2) is 0 Å². The molecule has 3 aromatic rings. The van der Waals surface area contributed by atoms with Gasteiger partial charge in [-0.15, -0.1) is 0 Å². The Hall–Kier alpha value is -2.96. The van der Waals surface area contributed by atoms with Crippen molar-refractivity contribution < 1.29 is 14.3 Å². The minimum absolute atomic E-state index is 0.0355. The summed E-state index contributed by atoms with van der Waals surface area (Å²) in [5.74, 6) is -0.277. The minimum atomic E-state index is -0.242. The molecule has 0 bridgehead atoms. The van der Waals surface area contributed by atoms with Gasteiger partial charge in [0.05, 0.1) is 24.6 Å². The van der Waals surface area contributed by atoms with Crippen LogP contribution >= 0.6 is 15.9 Å². The number of halogens is 1. The first-order valence-corrected chi connectivity index (χ1v) is 10.6. The molecule has 2 aliphatic rings. The van der Waals surface area contributed by atoms with Gasteiger partial charge in [0.25, 0.3) is 5.91 Å². The molecule has 1 aliphatic carbocycles. The van der Waals surface area contributed by atoms with E-state index in [0.29, 0.717) is 29.9 Å². The van der Waals surface area contributed by atoms with Crippen LogP contribution in [0.2, 0.25) is 0 Å². The van der Waals surface area contributed by atoms with Crippen molar-refractivity contribution in [3.8, 4) is 11.1 Å². The largest absolute Gasteiger partial charge is 0.378 e. The highest BCUT2D eigenvalue weighted by atomic mass is 79.9. The molecule has 0 spiro atoms. The van der Waals surface area contributed by atoms with Crippen molar-refractivity contribution in [1.82, 2.24) is 0 Å². The lowest BCUT2D eigenvalue weighted by Crippen LogP contribution is -2.36. The molecule has 0 saturated carbocycles. The van der Waals surface area contributed by atoms with Gasteiger partial charge in [0.15, 0.2) is 5.78 Å². The second kappa shape index (κ2) is 7.70. The molecule has 3 aromatic carbocycles. The molecule has 0 unspecified atom stereocenters. The Morgan fingerprint density at radius 3 is 2.43 bits per heavy atom. The van der Waals surface area contributed by atoms with Crippen molar-refractivity contribution >= 4 is 39.0 Å². The number of carbonyl (C=O) groups excluding carboxylic acids is 2. The Balaban J connectivity index is 1.45. The average molecular weight is 463 g/mol. The maximum absolute atomic E-state index is 13.1. The molecule has 6 heteroatoms. The number of amides is 1. The molecule has 5 nitrogen and oxygen atoms in total. The van der Waals surface area contributed by atoms with Crippen LogP contribution in [-0.2, 0) is 4.74 Å². The van der Waals surface area contributed by atoms with Crippen LogP contribution in [-0.4, -0.2) is 38.0 Å². The van der Waals surface area contributed by atoms with Gasteiger partial charge >= 0.3 is 0 Å². The zero-order valence-electron chi connectivity index (χ0n) is 16.2. The lowest BCUT2D eigenvalue weighted by Gasteiger charge is -2.30. The highest BCUT2D eigenvalue weighted by Crippen LogP contribution is 2.37. The Bertz CT molecular complexity index is 1170. The zero-order valence-corrected chi connectivity index (χ0v) is 17.7. The number of ketones is 1. The van der Waals surface area contributed by atoms with Gasteiger partial charge < -0.3 is 15.0 Å². The number of benzene rings is 3. The Morgan fingerprint density at radius 1 is 0.900 bits per heavy atom. The second-order valence-electron chi connectivity index (χ2n) is 7.35. The predicted molar refractivity (Wildman–Crippen MR) is 120 cm³/mol. The summed E-state index contributed by atoms with van der Waals surface area (Å²) in [6.07, 6.45) is 0. The Morgan fingerprint density at radius 2 is 1.63 bits per heavy atom. The van der Waals surface area contributed by atoms with Crippen molar-refractivity contribution in [2.24, 2.45) is 0 Å². The number of hydrogen-bond donors (Lipinski definition) is 1. The lowest BCUT2D eigenvalue weighted by molar-refractivity contribution is 0.102. The summed E-state index contributed by atoms with van der Waals surface area (Å²) in [5.41, 5.74) is 5.21. The van der Waals surface area contributed by atoms with E-state index in [9.17, 15) is 9.59 Å². The lowest BCUT2D eigenvalue weighted by atomic mass is 10.0. The Kier molecular flexibility index (Phi) is 4.89. The highest BCUT2D eigenvalue weighted by Gasteiger charge is 2.27. The molecule has 0 atom stereocenters. The molecular weight excluding hydrogens is 444 g/mol. The third kappa shape index (κ3) is 3.32. The molecule has 30 heavy (non-hydrogen) atoms. The molecule has 0 radical (unpaired) electrons. The van der Waals surface area contributed by atoms with Gasteiger partial charge in [-0.1, -0.05) is 46.3 Å². The van der Waals surface area contributed by atoms with Crippen LogP contribution in [0.5, 0.6) is 0 Å². The van der Waals surface area contributed by atoms with Crippen molar-refractivity contribution in [2.45, 2.75) is 0 Å². The summed E-state index contributed by atoms with van der Waals surface area (Å²) in [4.78, 5) is 28.0. The fourth-order valence-electron chi connectivity index (χ4n) is 4.05. The minimum Gasteiger partial charge on any atom is -0.378 e. The fraction of sp³-hybridized carbons (Fsp3) is 0.167. The predicted octanol–water partition coefficient (Wildman–Crippen LogP) is 4.75. The van der Waals surface area contributed by atoms with Gasteiger partial charge in [0.2, 0.25) is 0 Å².